The fraction of sp³-hybridized carbons (Fsp3) is 0.190. The van der Waals surface area contributed by atoms with Gasteiger partial charge in [-0.2, -0.15) is 10.5 Å². The van der Waals surface area contributed by atoms with Crippen LogP contribution in [0.4, 0.5) is 0 Å². The van der Waals surface area contributed by atoms with Gasteiger partial charge in [0.25, 0.3) is 11.8 Å². The molecule has 4 aromatic heterocycles. The van der Waals surface area contributed by atoms with E-state index in [4.69, 9.17) is 30.4 Å². The van der Waals surface area contributed by atoms with Gasteiger partial charge < -0.3 is 40.6 Å². The van der Waals surface area contributed by atoms with Gasteiger partial charge in [-0.15, -0.1) is 0 Å². The van der Waals surface area contributed by atoms with Gasteiger partial charge in [-0.3, -0.25) is 19.6 Å². The Balaban J connectivity index is 0.000000228. The zero-order valence-electron chi connectivity index (χ0n) is 33.0. The number of aromatic nitrogens is 4. The Morgan fingerprint density at radius 1 is 0.667 bits per heavy atom. The van der Waals surface area contributed by atoms with Crippen molar-refractivity contribution in [2.24, 2.45) is 11.5 Å². The molecule has 0 bridgehead atoms. The SMILES string of the molecule is CCOc1ncc(C(=O)O)c2nc(C)c(C(N)=O)c(-c3ccc(C#N)cc3OC)c12.CCOc1ncc(C(=O)O)c2nc(C)c(C(N)=O)c(-c3ccc(C#N)cc3OC)c12. The molecule has 0 radical (unpaired) electrons. The summed E-state index contributed by atoms with van der Waals surface area (Å²) < 4.78 is 22.1. The van der Waals surface area contributed by atoms with Crippen molar-refractivity contribution in [2.45, 2.75) is 27.7 Å². The number of aromatic carboxylic acids is 2. The second-order valence-electron chi connectivity index (χ2n) is 12.6. The van der Waals surface area contributed by atoms with Gasteiger partial charge in [-0.05, 0) is 64.1 Å². The lowest BCUT2D eigenvalue weighted by molar-refractivity contribution is 0.0687. The van der Waals surface area contributed by atoms with Crippen LogP contribution in [0.25, 0.3) is 44.1 Å². The first kappa shape index (κ1) is 42.8. The van der Waals surface area contributed by atoms with Crippen molar-refractivity contribution in [1.29, 1.82) is 10.5 Å². The smallest absolute Gasteiger partial charge is 0.339 e. The Morgan fingerprint density at radius 2 is 1.03 bits per heavy atom. The average Bonchev–Trinajstić information content (AvgIpc) is 3.22. The molecule has 18 heteroatoms. The maximum Gasteiger partial charge on any atom is 0.339 e. The second-order valence-corrected chi connectivity index (χ2v) is 12.6. The second kappa shape index (κ2) is 17.8. The molecule has 0 unspecified atom stereocenters. The molecule has 4 heterocycles. The van der Waals surface area contributed by atoms with Crippen LogP contribution in [0.1, 0.15) is 77.8 Å². The lowest BCUT2D eigenvalue weighted by atomic mass is 9.92. The number of hydrogen-bond donors (Lipinski definition) is 4. The standard InChI is InChI=1S/2C21H18N4O5/c2*1-4-30-20-17-16(12-6-5-11(8-22)7-14(12)29-3)15(19(23)26)10(2)25-18(17)13(9-24-20)21(27)28/h2*5-7,9H,4H2,1-3H3,(H2,23,26)(H,27,28). The highest BCUT2D eigenvalue weighted by molar-refractivity contribution is 6.16. The van der Waals surface area contributed by atoms with Crippen molar-refractivity contribution in [2.75, 3.05) is 27.4 Å². The number of carboxylic acids is 2. The summed E-state index contributed by atoms with van der Waals surface area (Å²) in [5.41, 5.74) is 14.0. The van der Waals surface area contributed by atoms with Gasteiger partial charge in [-0.25, -0.2) is 19.6 Å². The van der Waals surface area contributed by atoms with E-state index in [1.807, 2.05) is 12.1 Å². The molecule has 0 aliphatic rings. The molecule has 0 saturated heterocycles. The first-order valence-corrected chi connectivity index (χ1v) is 17.8. The van der Waals surface area contributed by atoms with E-state index in [1.165, 1.54) is 26.4 Å². The molecule has 0 aliphatic heterocycles. The first-order valence-electron chi connectivity index (χ1n) is 17.8. The van der Waals surface area contributed by atoms with Crippen LogP contribution in [-0.4, -0.2) is 81.3 Å². The summed E-state index contributed by atoms with van der Waals surface area (Å²) in [5.74, 6) is -3.17. The number of amides is 2. The number of carbonyl (C=O) groups is 4. The number of fused-ring (bicyclic) bond motifs is 2. The average molecular weight is 813 g/mol. The number of pyridine rings is 4. The van der Waals surface area contributed by atoms with E-state index in [0.29, 0.717) is 33.8 Å². The van der Waals surface area contributed by atoms with Gasteiger partial charge >= 0.3 is 11.9 Å². The Kier molecular flexibility index (Phi) is 12.7. The van der Waals surface area contributed by atoms with Crippen molar-refractivity contribution >= 4 is 45.6 Å². The number of carboxylic acid groups (broad SMARTS) is 2. The van der Waals surface area contributed by atoms with Gasteiger partial charge in [-0.1, -0.05) is 0 Å². The van der Waals surface area contributed by atoms with Crippen molar-refractivity contribution < 1.29 is 48.3 Å². The number of hydrogen-bond acceptors (Lipinski definition) is 14. The van der Waals surface area contributed by atoms with E-state index in [0.717, 1.165) is 12.4 Å². The van der Waals surface area contributed by atoms with Crippen LogP contribution in [0.2, 0.25) is 0 Å². The maximum atomic E-state index is 12.4. The third kappa shape index (κ3) is 7.93. The molecular weight excluding hydrogens is 777 g/mol. The molecule has 0 aliphatic carbocycles. The Labute approximate surface area is 341 Å². The van der Waals surface area contributed by atoms with Gasteiger partial charge in [0.15, 0.2) is 0 Å². The molecule has 2 aromatic carbocycles. The molecule has 6 N–H and O–H groups in total. The summed E-state index contributed by atoms with van der Waals surface area (Å²) in [6.45, 7) is 7.11. The van der Waals surface area contributed by atoms with Crippen molar-refractivity contribution in [3.05, 3.63) is 93.6 Å². The van der Waals surface area contributed by atoms with Crippen LogP contribution in [-0.2, 0) is 0 Å². The van der Waals surface area contributed by atoms with E-state index in [9.17, 15) is 39.9 Å². The Hall–Kier alpha value is -8.38. The lowest BCUT2D eigenvalue weighted by Crippen LogP contribution is -2.17. The molecule has 60 heavy (non-hydrogen) atoms. The Bertz CT molecular complexity index is 2650. The van der Waals surface area contributed by atoms with E-state index in [1.54, 1.807) is 52.0 Å². The van der Waals surface area contributed by atoms with E-state index in [-0.39, 0.29) is 91.5 Å². The van der Waals surface area contributed by atoms with Crippen LogP contribution in [0, 0.1) is 36.5 Å². The molecule has 6 aromatic rings. The fourth-order valence-electron chi connectivity index (χ4n) is 6.59. The number of benzene rings is 2. The van der Waals surface area contributed by atoms with Gasteiger partial charge in [0.2, 0.25) is 11.8 Å². The summed E-state index contributed by atoms with van der Waals surface area (Å²) in [4.78, 5) is 65.3. The quantitative estimate of drug-likeness (QED) is 0.121. The molecule has 18 nitrogen and oxygen atoms in total. The fourth-order valence-corrected chi connectivity index (χ4v) is 6.59. The molecule has 6 rings (SSSR count). The van der Waals surface area contributed by atoms with Crippen LogP contribution in [0.3, 0.4) is 0 Å². The summed E-state index contributed by atoms with van der Waals surface area (Å²) in [5, 5.41) is 38.1. The summed E-state index contributed by atoms with van der Waals surface area (Å²) in [6.07, 6.45) is 2.32. The van der Waals surface area contributed by atoms with E-state index in [2.05, 4.69) is 19.9 Å². The number of nitriles is 2. The molecule has 0 fully saturated rings. The van der Waals surface area contributed by atoms with E-state index < -0.39 is 23.8 Å². The summed E-state index contributed by atoms with van der Waals surface area (Å²) in [6, 6.07) is 13.4. The maximum absolute atomic E-state index is 12.4. The molecule has 0 saturated carbocycles. The largest absolute Gasteiger partial charge is 0.496 e. The molecule has 304 valence electrons. The van der Waals surface area contributed by atoms with Gasteiger partial charge in [0.1, 0.15) is 22.6 Å². The molecule has 2 amide bonds. The molecule has 0 atom stereocenters. The topological polar surface area (TPSA) is 297 Å². The highest BCUT2D eigenvalue weighted by atomic mass is 16.5. The van der Waals surface area contributed by atoms with Crippen LogP contribution in [0.15, 0.2) is 48.8 Å². The minimum atomic E-state index is -1.23. The number of methoxy groups -OCH3 is 2. The van der Waals surface area contributed by atoms with Crippen LogP contribution in [0.5, 0.6) is 23.3 Å². The van der Waals surface area contributed by atoms with Crippen molar-refractivity contribution in [3.63, 3.8) is 0 Å². The van der Waals surface area contributed by atoms with Crippen molar-refractivity contribution in [3.8, 4) is 57.7 Å². The zero-order valence-corrected chi connectivity index (χ0v) is 33.0. The number of ether oxygens (including phenoxy) is 4. The normalized spacial score (nSPS) is 10.5. The van der Waals surface area contributed by atoms with Gasteiger partial charge in [0.05, 0.1) is 95.0 Å². The number of rotatable bonds is 12. The third-order valence-electron chi connectivity index (χ3n) is 9.03. The summed E-state index contributed by atoms with van der Waals surface area (Å²) >= 11 is 0. The van der Waals surface area contributed by atoms with Gasteiger partial charge in [0, 0.05) is 34.6 Å². The number of nitrogens with zero attached hydrogens (tertiary/aromatic N) is 6. The number of primary amides is 2. The minimum absolute atomic E-state index is 0.0794. The van der Waals surface area contributed by atoms with Crippen molar-refractivity contribution in [1.82, 2.24) is 19.9 Å². The summed E-state index contributed by atoms with van der Waals surface area (Å²) in [7, 11) is 2.84. The highest BCUT2D eigenvalue weighted by Crippen LogP contribution is 2.44. The number of aryl methyl sites for hydroxylation is 2. The highest BCUT2D eigenvalue weighted by Gasteiger charge is 2.29. The number of nitrogens with two attached hydrogens (primary N) is 2. The minimum Gasteiger partial charge on any atom is -0.496 e. The monoisotopic (exact) mass is 812 g/mol. The lowest BCUT2D eigenvalue weighted by Gasteiger charge is -2.18. The third-order valence-corrected chi connectivity index (χ3v) is 9.03. The zero-order chi connectivity index (χ0) is 44.0. The predicted molar refractivity (Wildman–Crippen MR) is 215 cm³/mol. The number of carbonyl (C=O) groups excluding carboxylic acids is 2. The predicted octanol–water partition coefficient (Wildman–Crippen LogP) is 5.36. The first-order chi connectivity index (χ1) is 28.7. The van der Waals surface area contributed by atoms with Crippen LogP contribution >= 0.6 is 0 Å². The molecule has 0 spiro atoms. The van der Waals surface area contributed by atoms with E-state index >= 15 is 0 Å². The Morgan fingerprint density at radius 3 is 1.32 bits per heavy atom. The van der Waals surface area contributed by atoms with Crippen LogP contribution < -0.4 is 30.4 Å². The molecular formula is C42H36N8O10.